The van der Waals surface area contributed by atoms with Crippen molar-refractivity contribution in [3.05, 3.63) is 78.5 Å². The minimum atomic E-state index is -0.383. The van der Waals surface area contributed by atoms with Gasteiger partial charge in [0.25, 0.3) is 5.91 Å². The van der Waals surface area contributed by atoms with Gasteiger partial charge in [0.2, 0.25) is 0 Å². The van der Waals surface area contributed by atoms with Gasteiger partial charge in [0, 0.05) is 23.6 Å². The van der Waals surface area contributed by atoms with E-state index in [0.717, 1.165) is 27.5 Å². The standard InChI is InChI=1S/C21H17N7O/c22-20-19(21(29)25-10-13-9-23-15-6-2-1-5-14(13)15)27-18(11-24-20)28-12-26-16-7-3-4-8-17(16)28/h1-9,11-12,23H,10H2,(H2,22,24)(H,25,29). The van der Waals surface area contributed by atoms with Crippen LogP contribution in [-0.2, 0) is 6.54 Å². The van der Waals surface area contributed by atoms with E-state index in [-0.39, 0.29) is 17.4 Å². The van der Waals surface area contributed by atoms with Crippen LogP contribution in [0.4, 0.5) is 5.82 Å². The summed E-state index contributed by atoms with van der Waals surface area (Å²) in [5.74, 6) is 0.172. The van der Waals surface area contributed by atoms with Gasteiger partial charge in [0.15, 0.2) is 17.3 Å². The summed E-state index contributed by atoms with van der Waals surface area (Å²) in [5.41, 5.74) is 9.72. The van der Waals surface area contributed by atoms with Gasteiger partial charge in [-0.1, -0.05) is 30.3 Å². The van der Waals surface area contributed by atoms with Crippen molar-refractivity contribution in [3.63, 3.8) is 0 Å². The second-order valence-electron chi connectivity index (χ2n) is 6.61. The Labute approximate surface area is 165 Å². The first-order valence-electron chi connectivity index (χ1n) is 9.09. The van der Waals surface area contributed by atoms with Crippen LogP contribution in [0.15, 0.2) is 67.3 Å². The summed E-state index contributed by atoms with van der Waals surface area (Å²) >= 11 is 0. The number of hydrogen-bond donors (Lipinski definition) is 3. The van der Waals surface area contributed by atoms with E-state index in [1.807, 2.05) is 54.7 Å². The van der Waals surface area contributed by atoms with Crippen LogP contribution < -0.4 is 11.1 Å². The van der Waals surface area contributed by atoms with Crippen molar-refractivity contribution < 1.29 is 4.79 Å². The van der Waals surface area contributed by atoms with E-state index in [1.54, 1.807) is 10.9 Å². The second kappa shape index (κ2) is 6.75. The topological polar surface area (TPSA) is 115 Å². The van der Waals surface area contributed by atoms with Gasteiger partial charge < -0.3 is 16.0 Å². The highest BCUT2D eigenvalue weighted by Crippen LogP contribution is 2.19. The van der Waals surface area contributed by atoms with E-state index in [4.69, 9.17) is 5.73 Å². The molecule has 0 radical (unpaired) electrons. The van der Waals surface area contributed by atoms with Crippen molar-refractivity contribution in [2.45, 2.75) is 6.54 Å². The predicted octanol–water partition coefficient (Wildman–Crippen LogP) is 2.81. The first-order valence-corrected chi connectivity index (χ1v) is 9.09. The van der Waals surface area contributed by atoms with Crippen LogP contribution in [0.3, 0.4) is 0 Å². The van der Waals surface area contributed by atoms with Crippen LogP contribution in [0.2, 0.25) is 0 Å². The van der Waals surface area contributed by atoms with Crippen molar-refractivity contribution in [1.29, 1.82) is 0 Å². The number of aromatic amines is 1. The van der Waals surface area contributed by atoms with Crippen LogP contribution in [0.5, 0.6) is 0 Å². The van der Waals surface area contributed by atoms with Gasteiger partial charge in [-0.15, -0.1) is 0 Å². The number of H-pyrrole nitrogens is 1. The molecule has 0 fully saturated rings. The minimum absolute atomic E-state index is 0.0783. The average molecular weight is 383 g/mol. The zero-order valence-corrected chi connectivity index (χ0v) is 15.3. The molecule has 8 nitrogen and oxygen atoms in total. The molecule has 3 aromatic heterocycles. The maximum Gasteiger partial charge on any atom is 0.274 e. The lowest BCUT2D eigenvalue weighted by atomic mass is 10.2. The first kappa shape index (κ1) is 16.9. The molecule has 0 aliphatic rings. The molecule has 0 saturated carbocycles. The van der Waals surface area contributed by atoms with E-state index in [0.29, 0.717) is 12.4 Å². The van der Waals surface area contributed by atoms with Crippen LogP contribution in [0, 0.1) is 0 Å². The van der Waals surface area contributed by atoms with Crippen LogP contribution >= 0.6 is 0 Å². The molecule has 0 aliphatic heterocycles. The Morgan fingerprint density at radius 1 is 1.10 bits per heavy atom. The predicted molar refractivity (Wildman–Crippen MR) is 111 cm³/mol. The summed E-state index contributed by atoms with van der Waals surface area (Å²) in [6, 6.07) is 15.6. The fraction of sp³-hybridized carbons (Fsp3) is 0.0476. The molecular formula is C21H17N7O. The maximum atomic E-state index is 12.8. The van der Waals surface area contributed by atoms with Crippen molar-refractivity contribution in [3.8, 4) is 5.82 Å². The number of anilines is 1. The van der Waals surface area contributed by atoms with E-state index >= 15 is 0 Å². The first-order chi connectivity index (χ1) is 14.2. The van der Waals surface area contributed by atoms with E-state index in [2.05, 4.69) is 25.3 Å². The molecule has 5 aromatic rings. The molecular weight excluding hydrogens is 366 g/mol. The number of nitrogens with zero attached hydrogens (tertiary/aromatic N) is 4. The molecule has 0 saturated heterocycles. The summed E-state index contributed by atoms with van der Waals surface area (Å²) in [4.78, 5) is 28.9. The number of fused-ring (bicyclic) bond motifs is 2. The number of aromatic nitrogens is 5. The number of carbonyl (C=O) groups excluding carboxylic acids is 1. The SMILES string of the molecule is Nc1ncc(-n2cnc3ccccc32)nc1C(=O)NCc1c[nH]c2ccccc12. The highest BCUT2D eigenvalue weighted by Gasteiger charge is 2.16. The average Bonchev–Trinajstić information content (AvgIpc) is 3.37. The van der Waals surface area contributed by atoms with Gasteiger partial charge in [-0.3, -0.25) is 9.36 Å². The fourth-order valence-corrected chi connectivity index (χ4v) is 3.35. The summed E-state index contributed by atoms with van der Waals surface area (Å²) in [5, 5.41) is 3.94. The zero-order chi connectivity index (χ0) is 19.8. The number of benzene rings is 2. The van der Waals surface area contributed by atoms with Crippen LogP contribution in [0.25, 0.3) is 27.8 Å². The third-order valence-corrected chi connectivity index (χ3v) is 4.82. The molecule has 5 rings (SSSR count). The molecule has 29 heavy (non-hydrogen) atoms. The zero-order valence-electron chi connectivity index (χ0n) is 15.3. The van der Waals surface area contributed by atoms with Gasteiger partial charge in [0.05, 0.1) is 17.2 Å². The number of amides is 1. The molecule has 4 N–H and O–H groups in total. The highest BCUT2D eigenvalue weighted by atomic mass is 16.1. The van der Waals surface area contributed by atoms with Gasteiger partial charge in [-0.2, -0.15) is 0 Å². The van der Waals surface area contributed by atoms with Crippen molar-refractivity contribution in [2.24, 2.45) is 0 Å². The van der Waals surface area contributed by atoms with Gasteiger partial charge in [0.1, 0.15) is 6.33 Å². The second-order valence-corrected chi connectivity index (χ2v) is 6.61. The molecule has 1 amide bonds. The lowest BCUT2D eigenvalue weighted by Gasteiger charge is -2.09. The largest absolute Gasteiger partial charge is 0.382 e. The van der Waals surface area contributed by atoms with Crippen molar-refractivity contribution in [1.82, 2.24) is 29.8 Å². The quantitative estimate of drug-likeness (QED) is 0.441. The number of imidazole rings is 1. The Morgan fingerprint density at radius 2 is 1.93 bits per heavy atom. The number of rotatable bonds is 4. The molecule has 8 heteroatoms. The Bertz CT molecular complexity index is 1350. The summed E-state index contributed by atoms with van der Waals surface area (Å²) < 4.78 is 1.78. The number of hydrogen-bond acceptors (Lipinski definition) is 5. The Balaban J connectivity index is 1.43. The summed E-state index contributed by atoms with van der Waals surface area (Å²) in [7, 11) is 0. The summed E-state index contributed by atoms with van der Waals surface area (Å²) in [6.07, 6.45) is 5.06. The molecule has 0 atom stereocenters. The molecule has 0 aliphatic carbocycles. The summed E-state index contributed by atoms with van der Waals surface area (Å²) in [6.45, 7) is 0.349. The molecule has 0 spiro atoms. The van der Waals surface area contributed by atoms with Gasteiger partial charge in [-0.25, -0.2) is 15.0 Å². The number of para-hydroxylation sites is 3. The number of carbonyl (C=O) groups is 1. The smallest absolute Gasteiger partial charge is 0.274 e. The normalized spacial score (nSPS) is 11.2. The Hall–Kier alpha value is -4.20. The molecule has 2 aromatic carbocycles. The lowest BCUT2D eigenvalue weighted by molar-refractivity contribution is 0.0946. The Morgan fingerprint density at radius 3 is 2.86 bits per heavy atom. The number of nitrogens with one attached hydrogen (secondary N) is 2. The third kappa shape index (κ3) is 2.96. The highest BCUT2D eigenvalue weighted by molar-refractivity contribution is 5.96. The van der Waals surface area contributed by atoms with Crippen molar-refractivity contribution in [2.75, 3.05) is 5.73 Å². The monoisotopic (exact) mass is 383 g/mol. The lowest BCUT2D eigenvalue weighted by Crippen LogP contribution is -2.25. The molecule has 142 valence electrons. The van der Waals surface area contributed by atoms with E-state index < -0.39 is 0 Å². The molecule has 0 bridgehead atoms. The minimum Gasteiger partial charge on any atom is -0.382 e. The van der Waals surface area contributed by atoms with Crippen LogP contribution in [0.1, 0.15) is 16.1 Å². The van der Waals surface area contributed by atoms with Gasteiger partial charge in [-0.05, 0) is 23.8 Å². The number of nitrogen functional groups attached to an aromatic ring is 1. The van der Waals surface area contributed by atoms with Gasteiger partial charge >= 0.3 is 0 Å². The molecule has 0 unspecified atom stereocenters. The third-order valence-electron chi connectivity index (χ3n) is 4.82. The molecule has 3 heterocycles. The Kier molecular flexibility index (Phi) is 3.94. The fourth-order valence-electron chi connectivity index (χ4n) is 3.35. The van der Waals surface area contributed by atoms with Crippen molar-refractivity contribution >= 4 is 33.7 Å². The van der Waals surface area contributed by atoms with E-state index in [1.165, 1.54) is 6.20 Å². The van der Waals surface area contributed by atoms with Crippen LogP contribution in [-0.4, -0.2) is 30.4 Å². The van der Waals surface area contributed by atoms with E-state index in [9.17, 15) is 4.79 Å². The maximum absolute atomic E-state index is 12.8. The number of nitrogens with two attached hydrogens (primary N) is 1.